The monoisotopic (exact) mass is 363 g/mol. The van der Waals surface area contributed by atoms with Gasteiger partial charge in [-0.05, 0) is 47.9 Å². The molecule has 1 N–H and O–H groups in total. The molecule has 2 rings (SSSR count). The number of nitrogens with zero attached hydrogens (tertiary/aromatic N) is 1. The van der Waals surface area contributed by atoms with Crippen molar-refractivity contribution < 1.29 is 19.4 Å². The van der Waals surface area contributed by atoms with Crippen LogP contribution in [0.1, 0.15) is 35.7 Å². The Morgan fingerprint density at radius 3 is 2.37 bits per heavy atom. The van der Waals surface area contributed by atoms with Gasteiger partial charge in [-0.3, -0.25) is 4.79 Å². The average Bonchev–Trinajstić information content (AvgIpc) is 2.67. The van der Waals surface area contributed by atoms with Gasteiger partial charge in [0.15, 0.2) is 0 Å². The summed E-state index contributed by atoms with van der Waals surface area (Å²) >= 11 is 0. The summed E-state index contributed by atoms with van der Waals surface area (Å²) in [5, 5.41) is 22.5. The SMILES string of the molecule is CCCCOc1ccc(/C=C(\C#N)C(=O)Nc2ccc(C(=O)[O-])cc2)cc1. The van der Waals surface area contributed by atoms with Crippen molar-refractivity contribution in [3.63, 3.8) is 0 Å². The number of hydrogen-bond donors (Lipinski definition) is 1. The first-order chi connectivity index (χ1) is 13.0. The molecular formula is C21H19N2O4-. The van der Waals surface area contributed by atoms with Crippen LogP contribution in [0.15, 0.2) is 54.1 Å². The topological polar surface area (TPSA) is 102 Å². The number of benzene rings is 2. The van der Waals surface area contributed by atoms with Gasteiger partial charge in [-0.2, -0.15) is 5.26 Å². The van der Waals surface area contributed by atoms with Crippen LogP contribution < -0.4 is 15.2 Å². The fourth-order valence-electron chi connectivity index (χ4n) is 2.20. The smallest absolute Gasteiger partial charge is 0.266 e. The molecule has 6 nitrogen and oxygen atoms in total. The van der Waals surface area contributed by atoms with E-state index < -0.39 is 11.9 Å². The summed E-state index contributed by atoms with van der Waals surface area (Å²) in [6.07, 6.45) is 3.50. The van der Waals surface area contributed by atoms with Crippen molar-refractivity contribution in [3.05, 3.63) is 65.2 Å². The molecule has 0 aliphatic heterocycles. The van der Waals surface area contributed by atoms with Crippen LogP contribution in [0.2, 0.25) is 0 Å². The summed E-state index contributed by atoms with van der Waals surface area (Å²) in [5.41, 5.74) is 1.01. The third-order valence-electron chi connectivity index (χ3n) is 3.70. The molecule has 0 fully saturated rings. The van der Waals surface area contributed by atoms with Crippen LogP contribution in [-0.4, -0.2) is 18.5 Å². The predicted molar refractivity (Wildman–Crippen MR) is 99.8 cm³/mol. The van der Waals surface area contributed by atoms with E-state index >= 15 is 0 Å². The van der Waals surface area contributed by atoms with E-state index in [2.05, 4.69) is 12.2 Å². The summed E-state index contributed by atoms with van der Waals surface area (Å²) in [6, 6.07) is 14.5. The van der Waals surface area contributed by atoms with Crippen molar-refractivity contribution in [2.75, 3.05) is 11.9 Å². The van der Waals surface area contributed by atoms with Gasteiger partial charge < -0.3 is 20.0 Å². The van der Waals surface area contributed by atoms with Crippen molar-refractivity contribution in [2.24, 2.45) is 0 Å². The lowest BCUT2D eigenvalue weighted by atomic mass is 10.1. The lowest BCUT2D eigenvalue weighted by molar-refractivity contribution is -0.255. The minimum atomic E-state index is -1.30. The number of nitriles is 1. The number of amides is 1. The molecule has 0 saturated heterocycles. The highest BCUT2D eigenvalue weighted by Crippen LogP contribution is 2.16. The number of unbranched alkanes of at least 4 members (excludes halogenated alkanes) is 1. The molecule has 0 atom stereocenters. The average molecular weight is 363 g/mol. The lowest BCUT2D eigenvalue weighted by Crippen LogP contribution is -2.22. The Morgan fingerprint density at radius 1 is 1.15 bits per heavy atom. The van der Waals surface area contributed by atoms with E-state index in [1.54, 1.807) is 24.3 Å². The number of carbonyl (C=O) groups is 2. The molecule has 2 aromatic rings. The van der Waals surface area contributed by atoms with E-state index in [9.17, 15) is 20.0 Å². The van der Waals surface area contributed by atoms with Crippen molar-refractivity contribution >= 4 is 23.6 Å². The second-order valence-corrected chi connectivity index (χ2v) is 5.76. The Balaban J connectivity index is 2.05. The van der Waals surface area contributed by atoms with Gasteiger partial charge in [0.05, 0.1) is 12.6 Å². The Bertz CT molecular complexity index is 863. The molecule has 0 aliphatic carbocycles. The van der Waals surface area contributed by atoms with E-state index in [1.807, 2.05) is 6.07 Å². The number of carboxylic acid groups (broad SMARTS) is 1. The van der Waals surface area contributed by atoms with Crippen molar-refractivity contribution in [1.82, 2.24) is 0 Å². The molecule has 0 heterocycles. The molecule has 0 unspecified atom stereocenters. The molecule has 27 heavy (non-hydrogen) atoms. The molecule has 138 valence electrons. The maximum Gasteiger partial charge on any atom is 0.266 e. The Kier molecular flexibility index (Phi) is 7.15. The van der Waals surface area contributed by atoms with Gasteiger partial charge in [-0.1, -0.05) is 37.6 Å². The van der Waals surface area contributed by atoms with E-state index in [4.69, 9.17) is 4.74 Å². The molecule has 0 bridgehead atoms. The zero-order valence-electron chi connectivity index (χ0n) is 14.9. The van der Waals surface area contributed by atoms with Crippen LogP contribution in [0, 0.1) is 11.3 Å². The molecule has 0 spiro atoms. The number of ether oxygens (including phenoxy) is 1. The zero-order valence-corrected chi connectivity index (χ0v) is 14.9. The van der Waals surface area contributed by atoms with Gasteiger partial charge in [0, 0.05) is 5.69 Å². The van der Waals surface area contributed by atoms with Gasteiger partial charge in [0.2, 0.25) is 0 Å². The standard InChI is InChI=1S/C21H20N2O4/c1-2-3-12-27-19-10-4-15(5-11-19)13-17(14-22)20(24)23-18-8-6-16(7-9-18)21(25)26/h4-11,13H,2-3,12H2,1H3,(H,23,24)(H,25,26)/p-1/b17-13+. The van der Waals surface area contributed by atoms with E-state index in [0.29, 0.717) is 17.9 Å². The van der Waals surface area contributed by atoms with Crippen molar-refractivity contribution in [3.8, 4) is 11.8 Å². The quantitative estimate of drug-likeness (QED) is 0.441. The highest BCUT2D eigenvalue weighted by molar-refractivity contribution is 6.09. The lowest BCUT2D eigenvalue weighted by Gasteiger charge is -2.07. The van der Waals surface area contributed by atoms with Gasteiger partial charge in [-0.25, -0.2) is 0 Å². The highest BCUT2D eigenvalue weighted by atomic mass is 16.5. The van der Waals surface area contributed by atoms with Gasteiger partial charge in [0.1, 0.15) is 17.4 Å². The summed E-state index contributed by atoms with van der Waals surface area (Å²) in [6.45, 7) is 2.73. The molecule has 0 saturated carbocycles. The maximum atomic E-state index is 12.3. The first-order valence-corrected chi connectivity index (χ1v) is 8.51. The maximum absolute atomic E-state index is 12.3. The number of aromatic carboxylic acids is 1. The Morgan fingerprint density at radius 2 is 1.81 bits per heavy atom. The molecule has 2 aromatic carbocycles. The van der Waals surface area contributed by atoms with Gasteiger partial charge in [-0.15, -0.1) is 0 Å². The number of carboxylic acids is 1. The van der Waals surface area contributed by atoms with E-state index in [-0.39, 0.29) is 11.1 Å². The zero-order chi connectivity index (χ0) is 19.6. The third-order valence-corrected chi connectivity index (χ3v) is 3.70. The molecule has 1 amide bonds. The fourth-order valence-corrected chi connectivity index (χ4v) is 2.20. The summed E-state index contributed by atoms with van der Waals surface area (Å²) in [7, 11) is 0. The van der Waals surface area contributed by atoms with Crippen molar-refractivity contribution in [2.45, 2.75) is 19.8 Å². The third kappa shape index (κ3) is 6.01. The van der Waals surface area contributed by atoms with Crippen LogP contribution in [0.25, 0.3) is 6.08 Å². The van der Waals surface area contributed by atoms with Crippen LogP contribution in [0.3, 0.4) is 0 Å². The Labute approximate surface area is 157 Å². The predicted octanol–water partition coefficient (Wildman–Crippen LogP) is 2.77. The van der Waals surface area contributed by atoms with Crippen LogP contribution in [-0.2, 0) is 4.79 Å². The fraction of sp³-hybridized carbons (Fsp3) is 0.190. The van der Waals surface area contributed by atoms with Gasteiger partial charge in [0.25, 0.3) is 5.91 Å². The minimum Gasteiger partial charge on any atom is -0.545 e. The van der Waals surface area contributed by atoms with Crippen LogP contribution in [0.5, 0.6) is 5.75 Å². The second kappa shape index (κ2) is 9.78. The molecule has 6 heteroatoms. The molecule has 0 aromatic heterocycles. The summed E-state index contributed by atoms with van der Waals surface area (Å²) in [5.74, 6) is -1.15. The van der Waals surface area contributed by atoms with Crippen LogP contribution >= 0.6 is 0 Å². The highest BCUT2D eigenvalue weighted by Gasteiger charge is 2.09. The van der Waals surface area contributed by atoms with Crippen molar-refractivity contribution in [1.29, 1.82) is 5.26 Å². The number of carbonyl (C=O) groups excluding carboxylic acids is 2. The first-order valence-electron chi connectivity index (χ1n) is 8.51. The first kappa shape index (κ1) is 19.7. The second-order valence-electron chi connectivity index (χ2n) is 5.76. The van der Waals surface area contributed by atoms with Crippen LogP contribution in [0.4, 0.5) is 5.69 Å². The van der Waals surface area contributed by atoms with E-state index in [0.717, 1.165) is 18.6 Å². The summed E-state index contributed by atoms with van der Waals surface area (Å²) in [4.78, 5) is 23.0. The Hall–Kier alpha value is -3.59. The number of rotatable bonds is 8. The normalized spacial score (nSPS) is 10.7. The largest absolute Gasteiger partial charge is 0.545 e. The minimum absolute atomic E-state index is 0.00490. The molecule has 0 radical (unpaired) electrons. The van der Waals surface area contributed by atoms with Gasteiger partial charge >= 0.3 is 0 Å². The number of nitrogens with one attached hydrogen (secondary N) is 1. The van der Waals surface area contributed by atoms with E-state index in [1.165, 1.54) is 30.3 Å². The molecule has 0 aliphatic rings. The number of hydrogen-bond acceptors (Lipinski definition) is 5. The summed E-state index contributed by atoms with van der Waals surface area (Å²) < 4.78 is 5.57. The number of anilines is 1. The molecular weight excluding hydrogens is 344 g/mol.